The lowest BCUT2D eigenvalue weighted by Crippen LogP contribution is -2.25. The van der Waals surface area contributed by atoms with Crippen molar-refractivity contribution in [3.05, 3.63) is 108 Å². The summed E-state index contributed by atoms with van der Waals surface area (Å²) in [6.07, 6.45) is 2.27. The number of carbonyl (C=O) groups is 1. The van der Waals surface area contributed by atoms with Crippen LogP contribution in [0, 0.1) is 0 Å². The summed E-state index contributed by atoms with van der Waals surface area (Å²) in [5.41, 5.74) is 10.7. The molecular weight excluding hydrogens is 504 g/mol. The van der Waals surface area contributed by atoms with Crippen molar-refractivity contribution in [2.75, 3.05) is 17.6 Å². The summed E-state index contributed by atoms with van der Waals surface area (Å²) in [5, 5.41) is 7.30. The number of rotatable bonds is 9. The first-order valence-electron chi connectivity index (χ1n) is 12.8. The van der Waals surface area contributed by atoms with E-state index in [1.807, 2.05) is 72.8 Å². The highest BCUT2D eigenvalue weighted by atomic mass is 32.2. The third kappa shape index (κ3) is 6.53. The highest BCUT2D eigenvalue weighted by Gasteiger charge is 2.14. The van der Waals surface area contributed by atoms with Gasteiger partial charge in [0, 0.05) is 33.3 Å². The molecule has 0 unspecified atom stereocenters. The maximum Gasteiger partial charge on any atom is 0.251 e. The van der Waals surface area contributed by atoms with Gasteiger partial charge in [0.05, 0.1) is 11.1 Å². The number of carbonyl (C=O) groups excluding carboxylic acids is 1. The van der Waals surface area contributed by atoms with Crippen LogP contribution in [0.25, 0.3) is 11.0 Å². The van der Waals surface area contributed by atoms with E-state index < -0.39 is 0 Å². The van der Waals surface area contributed by atoms with E-state index in [0.29, 0.717) is 35.2 Å². The molecule has 0 fully saturated rings. The van der Waals surface area contributed by atoms with Gasteiger partial charge in [-0.05, 0) is 72.5 Å². The van der Waals surface area contributed by atoms with E-state index in [9.17, 15) is 4.79 Å². The van der Waals surface area contributed by atoms with Crippen LogP contribution >= 0.6 is 11.8 Å². The fraction of sp³-hybridized carbons (Fsp3) is 0.161. The van der Waals surface area contributed by atoms with Crippen LogP contribution in [-0.4, -0.2) is 27.4 Å². The molecule has 0 aliphatic heterocycles. The summed E-state index contributed by atoms with van der Waals surface area (Å²) in [5.74, 6) is 0.790. The number of nitrogens with two attached hydrogens (primary N) is 1. The van der Waals surface area contributed by atoms with Gasteiger partial charge in [-0.25, -0.2) is 15.0 Å². The van der Waals surface area contributed by atoms with Crippen molar-refractivity contribution in [2.45, 2.75) is 36.0 Å². The van der Waals surface area contributed by atoms with E-state index in [1.165, 1.54) is 11.9 Å². The van der Waals surface area contributed by atoms with Crippen molar-refractivity contribution < 1.29 is 4.79 Å². The average molecular weight is 535 g/mol. The van der Waals surface area contributed by atoms with Gasteiger partial charge < -0.3 is 16.4 Å². The fourth-order valence-electron chi connectivity index (χ4n) is 4.09. The molecule has 5 rings (SSSR count). The standard InChI is InChI=1S/C31H30N6OS/c1-20(2)26-14-13-25-29(36-26)34-19-35-30(25)37-27-18-22(31(38)33-17-16-21-6-4-3-5-7-21)8-15-28(27)39-24-11-9-23(32)10-12-24/h3-15,18-20H,16-17,32H2,1-2H3,(H,33,38)(H,34,35,36,37). The van der Waals surface area contributed by atoms with Gasteiger partial charge in [-0.3, -0.25) is 4.79 Å². The van der Waals surface area contributed by atoms with Gasteiger partial charge in [-0.1, -0.05) is 55.9 Å². The number of amides is 1. The molecule has 8 heteroatoms. The number of anilines is 3. The summed E-state index contributed by atoms with van der Waals surface area (Å²) >= 11 is 1.58. The molecule has 7 nitrogen and oxygen atoms in total. The quantitative estimate of drug-likeness (QED) is 0.183. The Hall–Kier alpha value is -4.43. The fourth-order valence-corrected chi connectivity index (χ4v) is 4.98. The number of nitrogens with one attached hydrogen (secondary N) is 2. The van der Waals surface area contributed by atoms with Gasteiger partial charge in [0.15, 0.2) is 5.65 Å². The Morgan fingerprint density at radius 2 is 1.74 bits per heavy atom. The monoisotopic (exact) mass is 534 g/mol. The van der Waals surface area contributed by atoms with Gasteiger partial charge in [0.25, 0.3) is 5.91 Å². The number of nitrogens with zero attached hydrogens (tertiary/aromatic N) is 3. The molecule has 2 heterocycles. The van der Waals surface area contributed by atoms with Gasteiger partial charge in [-0.15, -0.1) is 0 Å². The van der Waals surface area contributed by atoms with E-state index in [0.717, 1.165) is 33.0 Å². The molecule has 0 radical (unpaired) electrons. The molecular formula is C31H30N6OS. The lowest BCUT2D eigenvalue weighted by atomic mass is 10.1. The zero-order valence-corrected chi connectivity index (χ0v) is 22.7. The second-order valence-corrected chi connectivity index (χ2v) is 10.6. The molecule has 0 aliphatic carbocycles. The molecule has 196 valence electrons. The minimum Gasteiger partial charge on any atom is -0.399 e. The first-order chi connectivity index (χ1) is 19.0. The van der Waals surface area contributed by atoms with Crippen molar-refractivity contribution in [1.29, 1.82) is 0 Å². The molecule has 0 spiro atoms. The Morgan fingerprint density at radius 3 is 2.51 bits per heavy atom. The van der Waals surface area contributed by atoms with Crippen LogP contribution < -0.4 is 16.4 Å². The molecule has 5 aromatic rings. The number of benzene rings is 3. The first-order valence-corrected chi connectivity index (χ1v) is 13.7. The number of aromatic nitrogens is 3. The zero-order chi connectivity index (χ0) is 27.2. The van der Waals surface area contributed by atoms with E-state index >= 15 is 0 Å². The normalized spacial score (nSPS) is 11.1. The highest BCUT2D eigenvalue weighted by molar-refractivity contribution is 7.99. The molecule has 0 saturated heterocycles. The average Bonchev–Trinajstić information content (AvgIpc) is 2.95. The summed E-state index contributed by atoms with van der Waals surface area (Å²) in [4.78, 5) is 28.6. The van der Waals surface area contributed by atoms with Crippen LogP contribution in [0.3, 0.4) is 0 Å². The van der Waals surface area contributed by atoms with Crippen molar-refractivity contribution in [3.8, 4) is 0 Å². The Bertz CT molecular complexity index is 1590. The lowest BCUT2D eigenvalue weighted by molar-refractivity contribution is 0.0954. The predicted octanol–water partition coefficient (Wildman–Crippen LogP) is 6.60. The topological polar surface area (TPSA) is 106 Å². The molecule has 2 aromatic heterocycles. The number of hydrogen-bond donors (Lipinski definition) is 3. The third-order valence-electron chi connectivity index (χ3n) is 6.25. The molecule has 4 N–H and O–H groups in total. The second-order valence-electron chi connectivity index (χ2n) is 9.48. The van der Waals surface area contributed by atoms with Crippen molar-refractivity contribution >= 4 is 45.9 Å². The van der Waals surface area contributed by atoms with Crippen LogP contribution in [0.5, 0.6) is 0 Å². The van der Waals surface area contributed by atoms with Crippen LogP contribution in [-0.2, 0) is 6.42 Å². The Kier molecular flexibility index (Phi) is 8.03. The maximum atomic E-state index is 13.1. The molecule has 39 heavy (non-hydrogen) atoms. The van der Waals surface area contributed by atoms with E-state index in [2.05, 4.69) is 46.6 Å². The van der Waals surface area contributed by atoms with Crippen LogP contribution in [0.4, 0.5) is 17.2 Å². The highest BCUT2D eigenvalue weighted by Crippen LogP contribution is 2.36. The Labute approximate surface area is 232 Å². The largest absolute Gasteiger partial charge is 0.399 e. The lowest BCUT2D eigenvalue weighted by Gasteiger charge is -2.15. The molecule has 3 aromatic carbocycles. The Morgan fingerprint density at radius 1 is 0.949 bits per heavy atom. The first kappa shape index (κ1) is 26.2. The van der Waals surface area contributed by atoms with E-state index in [1.54, 1.807) is 11.8 Å². The second kappa shape index (κ2) is 12.0. The van der Waals surface area contributed by atoms with Crippen LogP contribution in [0.15, 0.2) is 101 Å². The van der Waals surface area contributed by atoms with Crippen molar-refractivity contribution in [1.82, 2.24) is 20.3 Å². The molecule has 0 aliphatic rings. The third-order valence-corrected chi connectivity index (χ3v) is 7.34. The van der Waals surface area contributed by atoms with E-state index in [4.69, 9.17) is 10.7 Å². The molecule has 1 amide bonds. The van der Waals surface area contributed by atoms with Crippen LogP contribution in [0.2, 0.25) is 0 Å². The number of nitrogen functional groups attached to an aromatic ring is 1. The summed E-state index contributed by atoms with van der Waals surface area (Å²) in [6, 6.07) is 27.5. The zero-order valence-electron chi connectivity index (χ0n) is 21.9. The van der Waals surface area contributed by atoms with Crippen LogP contribution in [0.1, 0.15) is 41.4 Å². The molecule has 0 atom stereocenters. The summed E-state index contributed by atoms with van der Waals surface area (Å²) in [7, 11) is 0. The minimum atomic E-state index is -0.131. The predicted molar refractivity (Wildman–Crippen MR) is 159 cm³/mol. The smallest absolute Gasteiger partial charge is 0.251 e. The van der Waals surface area contributed by atoms with E-state index in [-0.39, 0.29) is 5.91 Å². The van der Waals surface area contributed by atoms with Gasteiger partial charge in [0.1, 0.15) is 12.1 Å². The van der Waals surface area contributed by atoms with Crippen molar-refractivity contribution in [3.63, 3.8) is 0 Å². The maximum absolute atomic E-state index is 13.1. The molecule has 0 bridgehead atoms. The Balaban J connectivity index is 1.43. The van der Waals surface area contributed by atoms with Gasteiger partial charge in [0.2, 0.25) is 0 Å². The minimum absolute atomic E-state index is 0.131. The van der Waals surface area contributed by atoms with Crippen molar-refractivity contribution in [2.24, 2.45) is 0 Å². The number of fused-ring (bicyclic) bond motifs is 1. The van der Waals surface area contributed by atoms with Gasteiger partial charge in [-0.2, -0.15) is 0 Å². The summed E-state index contributed by atoms with van der Waals surface area (Å²) in [6.45, 7) is 4.76. The number of hydrogen-bond acceptors (Lipinski definition) is 7. The molecule has 0 saturated carbocycles. The SMILES string of the molecule is CC(C)c1ccc2c(Nc3cc(C(=O)NCCc4ccccc4)ccc3Sc3ccc(N)cc3)ncnc2n1. The summed E-state index contributed by atoms with van der Waals surface area (Å²) < 4.78 is 0. The number of pyridine rings is 1. The van der Waals surface area contributed by atoms with Gasteiger partial charge >= 0.3 is 0 Å².